The van der Waals surface area contributed by atoms with Gasteiger partial charge in [0, 0.05) is 0 Å². The van der Waals surface area contributed by atoms with Crippen molar-refractivity contribution >= 4 is 13.7 Å². The molecule has 2 heterocycles. The molecule has 4 N–H and O–H groups in total. The fraction of sp³-hybridized carbons (Fsp3) is 0.438. The van der Waals surface area contributed by atoms with Gasteiger partial charge in [-0.25, -0.2) is 9.55 Å². The van der Waals surface area contributed by atoms with Gasteiger partial charge in [0.2, 0.25) is 5.95 Å². The normalized spacial score (nSPS) is 24.0. The topological polar surface area (TPSA) is 172 Å². The molecule has 4 atom stereocenters. The molecule has 0 saturated carbocycles. The van der Waals surface area contributed by atoms with E-state index in [0.29, 0.717) is 10.8 Å². The van der Waals surface area contributed by atoms with Crippen molar-refractivity contribution in [2.75, 3.05) is 19.8 Å². The van der Waals surface area contributed by atoms with E-state index in [1.807, 2.05) is 0 Å². The minimum Gasteiger partial charge on any atom is -0.387 e. The van der Waals surface area contributed by atoms with Gasteiger partial charge in [-0.2, -0.15) is 4.39 Å². The number of aromatic nitrogens is 2. The third-order valence-electron chi connectivity index (χ3n) is 3.84. The Hall–Kier alpha value is -2.25. The molecule has 0 aromatic carbocycles. The Balaban J connectivity index is 2.20. The molecule has 1 fully saturated rings. The van der Waals surface area contributed by atoms with E-state index < -0.39 is 62.1 Å². The number of nitrogens with zero attached hydrogens (tertiary/aromatic N) is 2. The van der Waals surface area contributed by atoms with Crippen LogP contribution in [0.1, 0.15) is 16.7 Å². The Kier molecular flexibility index (Phi) is 8.15. The summed E-state index contributed by atoms with van der Waals surface area (Å²) in [5.74, 6) is -2.53. The monoisotopic (exact) mass is 449 g/mol. The van der Waals surface area contributed by atoms with Crippen molar-refractivity contribution in [2.45, 2.75) is 24.5 Å². The summed E-state index contributed by atoms with van der Waals surface area (Å²) in [6, 6.07) is 0. The maximum absolute atomic E-state index is 13.7. The molecule has 2 rings (SSSR count). The van der Waals surface area contributed by atoms with E-state index in [1.54, 1.807) is 0 Å². The van der Waals surface area contributed by atoms with E-state index in [1.165, 1.54) is 12.2 Å². The number of rotatable bonds is 11. The van der Waals surface area contributed by atoms with Gasteiger partial charge in [0.1, 0.15) is 18.3 Å². The first-order valence-electron chi connectivity index (χ1n) is 8.49. The van der Waals surface area contributed by atoms with Crippen molar-refractivity contribution in [2.24, 2.45) is 5.73 Å². The first-order chi connectivity index (χ1) is 14.1. The predicted molar refractivity (Wildman–Crippen MR) is 98.8 cm³/mol. The second-order valence-corrected chi connectivity index (χ2v) is 7.62. The van der Waals surface area contributed by atoms with Gasteiger partial charge in [0.15, 0.2) is 11.9 Å². The van der Waals surface area contributed by atoms with Crippen LogP contribution in [0.5, 0.6) is 0 Å². The molecule has 14 heteroatoms. The van der Waals surface area contributed by atoms with Crippen LogP contribution in [-0.4, -0.2) is 63.8 Å². The summed E-state index contributed by atoms with van der Waals surface area (Å²) in [6.45, 7) is 5.88. The summed E-state index contributed by atoms with van der Waals surface area (Å²) in [5, 5.41) is 20.4. The van der Waals surface area contributed by atoms with Crippen molar-refractivity contribution in [1.29, 1.82) is 0 Å². The SMILES string of the molecule is C=CCOP(=O)(OCC=C)OC[C@H]1O[C@@H](n2cc(F)nc(C(N)=O)c2=O)[C@H](O)[C@H]1O. The minimum absolute atomic E-state index is 0.171. The molecule has 1 aliphatic rings. The summed E-state index contributed by atoms with van der Waals surface area (Å²) in [5.41, 5.74) is 2.93. The molecule has 1 aromatic rings. The predicted octanol–water partition coefficient (Wildman–Crippen LogP) is -0.370. The van der Waals surface area contributed by atoms with Crippen LogP contribution in [0.25, 0.3) is 0 Å². The molecule has 0 unspecified atom stereocenters. The van der Waals surface area contributed by atoms with Crippen molar-refractivity contribution in [3.63, 3.8) is 0 Å². The smallest absolute Gasteiger partial charge is 0.387 e. The van der Waals surface area contributed by atoms with E-state index >= 15 is 0 Å². The number of aliphatic hydroxyl groups excluding tert-OH is 2. The Morgan fingerprint density at radius 2 is 1.90 bits per heavy atom. The Bertz CT molecular complexity index is 892. The van der Waals surface area contributed by atoms with E-state index in [-0.39, 0.29) is 13.2 Å². The van der Waals surface area contributed by atoms with Crippen molar-refractivity contribution in [3.8, 4) is 0 Å². The molecule has 1 amide bonds. The average Bonchev–Trinajstić information content (AvgIpc) is 2.99. The second-order valence-electron chi connectivity index (χ2n) is 5.95. The van der Waals surface area contributed by atoms with E-state index in [0.717, 1.165) is 0 Å². The van der Waals surface area contributed by atoms with Gasteiger partial charge in [-0.3, -0.25) is 27.7 Å². The van der Waals surface area contributed by atoms with Crippen LogP contribution < -0.4 is 11.3 Å². The first-order valence-corrected chi connectivity index (χ1v) is 9.95. The summed E-state index contributed by atoms with van der Waals surface area (Å²) in [4.78, 5) is 26.7. The lowest BCUT2D eigenvalue weighted by atomic mass is 10.1. The molecule has 0 spiro atoms. The van der Waals surface area contributed by atoms with Crippen LogP contribution in [0, 0.1) is 5.95 Å². The van der Waals surface area contributed by atoms with Crippen LogP contribution >= 0.6 is 7.82 Å². The average molecular weight is 449 g/mol. The number of halogens is 1. The standard InChI is InChI=1S/C16H21FN3O9P/c1-3-5-26-30(25,27-6-4-2)28-8-9-12(21)13(22)16(29-9)20-7-10(17)19-11(14(18)23)15(20)24/h3-4,7,9,12-13,16,21-22H,1-2,5-6,8H2,(H2,18,23)/t9-,12+,13-,16-/m1/s1. The van der Waals surface area contributed by atoms with Crippen molar-refractivity contribution in [1.82, 2.24) is 9.55 Å². The number of hydrogen-bond donors (Lipinski definition) is 3. The first kappa shape index (κ1) is 24.0. The molecule has 12 nitrogen and oxygen atoms in total. The minimum atomic E-state index is -4.10. The number of hydrogen-bond acceptors (Lipinski definition) is 10. The molecule has 0 radical (unpaired) electrons. The third-order valence-corrected chi connectivity index (χ3v) is 5.24. The number of ether oxygens (including phenoxy) is 1. The molecule has 30 heavy (non-hydrogen) atoms. The van der Waals surface area contributed by atoms with E-state index in [2.05, 4.69) is 18.1 Å². The van der Waals surface area contributed by atoms with Gasteiger partial charge < -0.3 is 20.7 Å². The van der Waals surface area contributed by atoms with Crippen molar-refractivity contribution in [3.05, 3.63) is 53.5 Å². The van der Waals surface area contributed by atoms with Gasteiger partial charge in [-0.1, -0.05) is 12.2 Å². The third kappa shape index (κ3) is 5.46. The van der Waals surface area contributed by atoms with Crippen LogP contribution in [0.4, 0.5) is 4.39 Å². The van der Waals surface area contributed by atoms with Crippen LogP contribution in [-0.2, 0) is 22.9 Å². The summed E-state index contributed by atoms with van der Waals surface area (Å²) < 4.78 is 47.2. The van der Waals surface area contributed by atoms with E-state index in [9.17, 15) is 28.8 Å². The molecule has 1 aliphatic heterocycles. The molecule has 1 saturated heterocycles. The van der Waals surface area contributed by atoms with Gasteiger partial charge in [-0.05, 0) is 0 Å². The van der Waals surface area contributed by atoms with Crippen LogP contribution in [0.15, 0.2) is 36.3 Å². The molecule has 0 bridgehead atoms. The lowest BCUT2D eigenvalue weighted by Gasteiger charge is -2.20. The number of phosphoric acid groups is 1. The lowest BCUT2D eigenvalue weighted by molar-refractivity contribution is -0.0558. The molecule has 1 aromatic heterocycles. The Labute approximate surface area is 169 Å². The lowest BCUT2D eigenvalue weighted by Crippen LogP contribution is -2.38. The molecule has 0 aliphatic carbocycles. The Morgan fingerprint density at radius 1 is 1.30 bits per heavy atom. The number of amides is 1. The van der Waals surface area contributed by atoms with Gasteiger partial charge in [0.05, 0.1) is 26.0 Å². The fourth-order valence-corrected chi connectivity index (χ4v) is 3.62. The largest absolute Gasteiger partial charge is 0.475 e. The van der Waals surface area contributed by atoms with Gasteiger partial charge in [-0.15, -0.1) is 13.2 Å². The van der Waals surface area contributed by atoms with Crippen LogP contribution in [0.3, 0.4) is 0 Å². The molecular weight excluding hydrogens is 428 g/mol. The highest BCUT2D eigenvalue weighted by molar-refractivity contribution is 7.48. The quantitative estimate of drug-likeness (QED) is 0.299. The zero-order valence-corrected chi connectivity index (χ0v) is 16.5. The van der Waals surface area contributed by atoms with Crippen LogP contribution in [0.2, 0.25) is 0 Å². The number of carbonyl (C=O) groups is 1. The van der Waals surface area contributed by atoms with Gasteiger partial charge in [0.25, 0.3) is 11.5 Å². The Morgan fingerprint density at radius 3 is 2.43 bits per heavy atom. The maximum atomic E-state index is 13.7. The zero-order chi connectivity index (χ0) is 22.5. The summed E-state index contributed by atoms with van der Waals surface area (Å²) >= 11 is 0. The van der Waals surface area contributed by atoms with Gasteiger partial charge >= 0.3 is 7.82 Å². The van der Waals surface area contributed by atoms with Crippen molar-refractivity contribution < 1.29 is 42.3 Å². The number of phosphoric ester groups is 1. The molecule has 166 valence electrons. The number of carbonyl (C=O) groups excluding carboxylic acids is 1. The highest BCUT2D eigenvalue weighted by Crippen LogP contribution is 2.50. The number of aliphatic hydroxyl groups is 2. The highest BCUT2D eigenvalue weighted by Gasteiger charge is 2.45. The fourth-order valence-electron chi connectivity index (χ4n) is 2.49. The number of nitrogens with two attached hydrogens (primary N) is 1. The zero-order valence-electron chi connectivity index (χ0n) is 15.6. The van der Waals surface area contributed by atoms with E-state index in [4.69, 9.17) is 24.0 Å². The molecular formula is C16H21FN3O9P. The highest BCUT2D eigenvalue weighted by atomic mass is 31.2. The number of primary amides is 1. The summed E-state index contributed by atoms with van der Waals surface area (Å²) in [6.07, 6.45) is -3.13. The second kappa shape index (κ2) is 10.2. The maximum Gasteiger partial charge on any atom is 0.475 e. The summed E-state index contributed by atoms with van der Waals surface area (Å²) in [7, 11) is -4.10.